The molecule has 6 aromatic carbocycles. The molecular weight excluding hydrogens is 1240 g/mol. The first-order valence-corrected chi connectivity index (χ1v) is 35.1. The second-order valence-corrected chi connectivity index (χ2v) is 27.3. The molecule has 1 fully saturated rings. The molecule has 0 unspecified atom stereocenters. The second kappa shape index (κ2) is 29.1. The van der Waals surface area contributed by atoms with E-state index in [0.29, 0.717) is 81.9 Å². The van der Waals surface area contributed by atoms with E-state index in [9.17, 15) is 28.8 Å². The van der Waals surface area contributed by atoms with E-state index in [1.807, 2.05) is 157 Å². The zero-order valence-electron chi connectivity index (χ0n) is 57.0. The van der Waals surface area contributed by atoms with Gasteiger partial charge in [-0.3, -0.25) is 28.8 Å². The minimum Gasteiger partial charge on any atom is -0.349 e. The second-order valence-electron chi connectivity index (χ2n) is 27.3. The van der Waals surface area contributed by atoms with Gasteiger partial charge in [0, 0.05) is 74.2 Å². The summed E-state index contributed by atoms with van der Waals surface area (Å²) in [5, 5.41) is 10.2. The Morgan fingerprint density at radius 3 is 1.04 bits per heavy atom. The molecule has 16 rings (SSSR count). The van der Waals surface area contributed by atoms with Crippen LogP contribution in [0.3, 0.4) is 0 Å². The first-order chi connectivity index (χ1) is 48.7. The van der Waals surface area contributed by atoms with Crippen LogP contribution < -0.4 is 32.2 Å². The van der Waals surface area contributed by atoms with Gasteiger partial charge in [-0.2, -0.15) is 0 Å². The highest BCUT2D eigenvalue weighted by Crippen LogP contribution is 2.33. The minimum atomic E-state index is -0.414. The summed E-state index contributed by atoms with van der Waals surface area (Å²) in [6, 6.07) is 57.1. The van der Waals surface area contributed by atoms with Gasteiger partial charge >= 0.3 is 0 Å². The number of amides is 3. The zero-order chi connectivity index (χ0) is 69.0. The smallest absolute Gasteiger partial charge is 0.261 e. The van der Waals surface area contributed by atoms with Crippen molar-refractivity contribution in [1.29, 1.82) is 0 Å². The molecule has 0 atom stereocenters. The first kappa shape index (κ1) is 66.1. The summed E-state index contributed by atoms with van der Waals surface area (Å²) >= 11 is 0. The Balaban J connectivity index is 0.000000129. The molecular formula is C85H81N9O6. The molecule has 0 bridgehead atoms. The van der Waals surface area contributed by atoms with Gasteiger partial charge in [0.1, 0.15) is 33.6 Å². The van der Waals surface area contributed by atoms with Crippen LogP contribution in [0, 0.1) is 24.7 Å². The Kier molecular flexibility index (Phi) is 19.2. The monoisotopic (exact) mass is 1320 g/mol. The van der Waals surface area contributed by atoms with Crippen LogP contribution in [-0.4, -0.2) is 52.4 Å². The molecule has 3 N–H and O–H groups in total. The number of nitrogens with one attached hydrogen (secondary N) is 3. The number of anilines is 2. The fraction of sp³-hybridized carbons (Fsp3) is 0.259. The van der Waals surface area contributed by atoms with Crippen molar-refractivity contribution >= 4 is 62.2 Å². The van der Waals surface area contributed by atoms with Crippen LogP contribution in [0.2, 0.25) is 0 Å². The van der Waals surface area contributed by atoms with Crippen LogP contribution in [0.5, 0.6) is 0 Å². The first-order valence-electron chi connectivity index (χ1n) is 35.1. The van der Waals surface area contributed by atoms with Gasteiger partial charge in [-0.1, -0.05) is 133 Å². The van der Waals surface area contributed by atoms with Crippen molar-refractivity contribution in [2.45, 2.75) is 124 Å². The maximum Gasteiger partial charge on any atom is 0.261 e. The Morgan fingerprint density at radius 2 is 0.710 bits per heavy atom. The van der Waals surface area contributed by atoms with E-state index >= 15 is 0 Å². The van der Waals surface area contributed by atoms with E-state index in [-0.39, 0.29) is 44.9 Å². The third kappa shape index (κ3) is 14.5. The van der Waals surface area contributed by atoms with Crippen molar-refractivity contribution in [2.24, 2.45) is 17.8 Å². The summed E-state index contributed by atoms with van der Waals surface area (Å²) in [4.78, 5) is 92.6. The number of hydrogen-bond donors (Lipinski definition) is 3. The molecule has 12 aromatic rings. The summed E-state index contributed by atoms with van der Waals surface area (Å²) in [6.07, 6.45) is 21.5. The number of hydrogen-bond acceptors (Lipinski definition) is 9. The number of fused-ring (bicyclic) bond motifs is 6. The SMILES string of the molecule is CCn1cc(C(=O)NC2CC2)c(=O)c2cc(CC3Cc4ccccc4C3)cnc21.CCn1cc(C(=O)Nc2ccc(-c3ccccc3)cc2)c(=O)c2cc(CC3Cc4ccccc4C3)cnc21.CCn1cc(C(=O)Nc2ccc(C)cc2)c(=O)c2cc(CC3Cc4ccccc4C3)cnc21. The van der Waals surface area contributed by atoms with Crippen molar-refractivity contribution in [3.63, 3.8) is 0 Å². The Labute approximate surface area is 581 Å². The van der Waals surface area contributed by atoms with Crippen LogP contribution in [-0.2, 0) is 77.4 Å². The van der Waals surface area contributed by atoms with Gasteiger partial charge in [-0.15, -0.1) is 0 Å². The largest absolute Gasteiger partial charge is 0.349 e. The highest BCUT2D eigenvalue weighted by atomic mass is 16.2. The Bertz CT molecular complexity index is 5210. The average molecular weight is 1320 g/mol. The number of nitrogens with zero attached hydrogens (tertiary/aromatic N) is 6. The minimum absolute atomic E-state index is 0.124. The van der Waals surface area contributed by atoms with Crippen molar-refractivity contribution in [2.75, 3.05) is 10.6 Å². The maximum atomic E-state index is 13.5. The van der Waals surface area contributed by atoms with Gasteiger partial charge < -0.3 is 29.7 Å². The lowest BCUT2D eigenvalue weighted by Crippen LogP contribution is -2.31. The van der Waals surface area contributed by atoms with E-state index in [1.165, 1.54) is 33.4 Å². The van der Waals surface area contributed by atoms with E-state index in [0.717, 1.165) is 104 Å². The van der Waals surface area contributed by atoms with E-state index in [2.05, 4.69) is 104 Å². The third-order valence-electron chi connectivity index (χ3n) is 20.1. The van der Waals surface area contributed by atoms with Crippen LogP contribution in [0.25, 0.3) is 44.2 Å². The zero-order valence-corrected chi connectivity index (χ0v) is 57.0. The predicted molar refractivity (Wildman–Crippen MR) is 398 cm³/mol. The number of aryl methyl sites for hydroxylation is 4. The fourth-order valence-electron chi connectivity index (χ4n) is 14.8. The summed E-state index contributed by atoms with van der Waals surface area (Å²) in [6.45, 7) is 9.83. The Morgan fingerprint density at radius 1 is 0.400 bits per heavy atom. The van der Waals surface area contributed by atoms with Crippen molar-refractivity contribution in [3.05, 3.63) is 310 Å². The van der Waals surface area contributed by atoms with Crippen LogP contribution in [0.1, 0.15) is 120 Å². The van der Waals surface area contributed by atoms with Crippen molar-refractivity contribution < 1.29 is 14.4 Å². The molecule has 502 valence electrons. The summed E-state index contributed by atoms with van der Waals surface area (Å²) in [7, 11) is 0. The maximum absolute atomic E-state index is 13.5. The topological polar surface area (TPSA) is 192 Å². The van der Waals surface area contributed by atoms with E-state index in [1.54, 1.807) is 18.6 Å². The highest BCUT2D eigenvalue weighted by Gasteiger charge is 2.29. The molecule has 0 aliphatic heterocycles. The lowest BCUT2D eigenvalue weighted by molar-refractivity contribution is 0.0947. The average Bonchev–Trinajstić information content (AvgIpc) is 0.977. The van der Waals surface area contributed by atoms with Crippen LogP contribution in [0.15, 0.2) is 221 Å². The number of aromatic nitrogens is 6. The molecule has 100 heavy (non-hydrogen) atoms. The molecule has 1 saturated carbocycles. The Hall–Kier alpha value is -11.2. The number of benzene rings is 6. The third-order valence-corrected chi connectivity index (χ3v) is 20.1. The van der Waals surface area contributed by atoms with Gasteiger partial charge in [0.25, 0.3) is 17.7 Å². The number of pyridine rings is 6. The van der Waals surface area contributed by atoms with Gasteiger partial charge in [0.05, 0.1) is 16.2 Å². The molecule has 4 aliphatic rings. The molecule has 0 spiro atoms. The van der Waals surface area contributed by atoms with Gasteiger partial charge in [0.15, 0.2) is 0 Å². The fourth-order valence-corrected chi connectivity index (χ4v) is 14.8. The molecule has 3 amide bonds. The molecule has 0 saturated heterocycles. The van der Waals surface area contributed by atoms with Crippen LogP contribution >= 0.6 is 0 Å². The number of carbonyl (C=O) groups is 3. The molecule has 6 heterocycles. The highest BCUT2D eigenvalue weighted by molar-refractivity contribution is 6.06. The van der Waals surface area contributed by atoms with Crippen molar-refractivity contribution in [3.8, 4) is 11.1 Å². The molecule has 15 nitrogen and oxygen atoms in total. The molecule has 0 radical (unpaired) electrons. The summed E-state index contributed by atoms with van der Waals surface area (Å²) in [5.41, 5.74) is 17.8. The van der Waals surface area contributed by atoms with Gasteiger partial charge in [-0.05, 0) is 220 Å². The van der Waals surface area contributed by atoms with Gasteiger partial charge in [0.2, 0.25) is 16.3 Å². The lowest BCUT2D eigenvalue weighted by Gasteiger charge is -2.14. The lowest BCUT2D eigenvalue weighted by atomic mass is 9.97. The normalized spacial score (nSPS) is 14.0. The van der Waals surface area contributed by atoms with Crippen LogP contribution in [0.4, 0.5) is 11.4 Å². The number of rotatable bonds is 16. The standard InChI is InChI=1S/C33H29N3O2.C28H27N3O2.C24H25N3O2/c1-2-36-21-30(33(38)35-28-14-12-25(13-15-28)24-8-4-3-5-9-24)31(37)29-19-23(20-34-32(29)36)16-22-17-26-10-6-7-11-27(26)18-22;1-3-31-17-25(28(33)30-23-10-8-18(2)9-11-23)26(32)24-15-20(16-29-27(24)31)12-19-13-21-6-4-5-7-22(21)14-19;1-2-27-14-21(24(29)26-19-7-8-19)22(28)20-12-16(13-25-23(20)27)9-15-10-17-5-3-4-6-18(17)11-15/h3-15,19-22H,2,16-18H2,1H3,(H,35,38);4-11,15-17,19H,3,12-14H2,1-2H3,(H,30,33);3-6,12-15,19H,2,7-11H2,1H3,(H,26,29). The summed E-state index contributed by atoms with van der Waals surface area (Å²) in [5.74, 6) is 0.445. The summed E-state index contributed by atoms with van der Waals surface area (Å²) < 4.78 is 5.64. The van der Waals surface area contributed by atoms with Crippen molar-refractivity contribution in [1.82, 2.24) is 34.0 Å². The number of carbonyl (C=O) groups excluding carboxylic acids is 3. The molecule has 6 aromatic heterocycles. The molecule has 15 heteroatoms. The van der Waals surface area contributed by atoms with E-state index < -0.39 is 11.8 Å². The van der Waals surface area contributed by atoms with E-state index in [4.69, 9.17) is 0 Å². The molecule has 4 aliphatic carbocycles. The van der Waals surface area contributed by atoms with Gasteiger partial charge in [-0.25, -0.2) is 15.0 Å². The quantitative estimate of drug-likeness (QED) is 0.0844. The predicted octanol–water partition coefficient (Wildman–Crippen LogP) is 14.5.